The number of unbranched alkanes of at least 4 members (excludes halogenated alkanes) is 1. The first-order valence-electron chi connectivity index (χ1n) is 13.1. The minimum atomic E-state index is -1.06. The van der Waals surface area contributed by atoms with E-state index in [9.17, 15) is 14.7 Å². The van der Waals surface area contributed by atoms with E-state index in [1.54, 1.807) is 18.2 Å². The molecule has 2 aromatic rings. The van der Waals surface area contributed by atoms with E-state index >= 15 is 0 Å². The van der Waals surface area contributed by atoms with Crippen LogP contribution in [0.5, 0.6) is 0 Å². The molecule has 39 heavy (non-hydrogen) atoms. The Labute approximate surface area is 229 Å². The minimum absolute atomic E-state index is 0.0131. The van der Waals surface area contributed by atoms with Crippen molar-refractivity contribution >= 4 is 11.9 Å². The molecule has 12 heteroatoms. The number of aromatic carboxylic acids is 2. The number of nitrogens with zero attached hydrogens (tertiary/aromatic N) is 3. The van der Waals surface area contributed by atoms with Crippen molar-refractivity contribution in [2.45, 2.75) is 25.8 Å². The third-order valence-electron chi connectivity index (χ3n) is 5.52. The topological polar surface area (TPSA) is 167 Å². The van der Waals surface area contributed by atoms with E-state index in [1.165, 1.54) is 12.1 Å². The molecule has 0 saturated carbocycles. The van der Waals surface area contributed by atoms with Gasteiger partial charge in [-0.15, -0.1) is 0 Å². The second kappa shape index (κ2) is 20.0. The number of hydrogen-bond acceptors (Lipinski definition) is 10. The molecule has 4 N–H and O–H groups in total. The van der Waals surface area contributed by atoms with Crippen molar-refractivity contribution < 1.29 is 38.7 Å². The van der Waals surface area contributed by atoms with Gasteiger partial charge in [-0.1, -0.05) is 12.1 Å². The molecule has 0 fully saturated rings. The molecule has 0 saturated heterocycles. The van der Waals surface area contributed by atoms with E-state index in [2.05, 4.69) is 14.9 Å². The van der Waals surface area contributed by atoms with Crippen LogP contribution in [0.2, 0.25) is 0 Å². The van der Waals surface area contributed by atoms with Crippen molar-refractivity contribution in [3.63, 3.8) is 0 Å². The Morgan fingerprint density at radius 2 is 1.21 bits per heavy atom. The largest absolute Gasteiger partial charge is 0.477 e. The molecule has 0 atom stereocenters. The van der Waals surface area contributed by atoms with Crippen LogP contribution in [-0.4, -0.2) is 110 Å². The number of carboxylic acid groups (broad SMARTS) is 2. The summed E-state index contributed by atoms with van der Waals surface area (Å²) in [6.07, 6.45) is 2.39. The molecular weight excluding hydrogens is 508 g/mol. The van der Waals surface area contributed by atoms with Gasteiger partial charge in [0.25, 0.3) is 0 Å². The Morgan fingerprint density at radius 3 is 1.77 bits per heavy atom. The minimum Gasteiger partial charge on any atom is -0.477 e. The van der Waals surface area contributed by atoms with Crippen molar-refractivity contribution in [1.29, 1.82) is 0 Å². The molecule has 12 nitrogen and oxygen atoms in total. The van der Waals surface area contributed by atoms with Crippen LogP contribution in [0.4, 0.5) is 0 Å². The number of aromatic nitrogens is 2. The molecule has 0 aliphatic heterocycles. The summed E-state index contributed by atoms with van der Waals surface area (Å²) in [5.74, 6) is -2.08. The van der Waals surface area contributed by atoms with Gasteiger partial charge in [0.1, 0.15) is 11.4 Å². The fraction of sp³-hybridized carbons (Fsp3) is 0.556. The van der Waals surface area contributed by atoms with Crippen molar-refractivity contribution in [1.82, 2.24) is 14.9 Å². The molecule has 0 aliphatic carbocycles. The highest BCUT2D eigenvalue weighted by Gasteiger charge is 2.11. The quantitative estimate of drug-likeness (QED) is 0.172. The summed E-state index contributed by atoms with van der Waals surface area (Å²) in [6.45, 7) is 6.14. The molecular formula is C27H40N4O8. The average Bonchev–Trinajstić information content (AvgIpc) is 2.93. The first-order valence-corrected chi connectivity index (χ1v) is 13.1. The highest BCUT2D eigenvalue weighted by molar-refractivity contribution is 5.85. The van der Waals surface area contributed by atoms with Crippen LogP contribution in [-0.2, 0) is 31.9 Å². The van der Waals surface area contributed by atoms with Gasteiger partial charge in [0.2, 0.25) is 0 Å². The maximum Gasteiger partial charge on any atom is 0.354 e. The molecule has 0 unspecified atom stereocenters. The van der Waals surface area contributed by atoms with Crippen molar-refractivity contribution in [2.24, 2.45) is 5.73 Å². The summed E-state index contributed by atoms with van der Waals surface area (Å²) in [7, 11) is 0. The molecule has 0 spiro atoms. The Balaban J connectivity index is 1.62. The molecule has 2 heterocycles. The molecule has 0 bridgehead atoms. The lowest BCUT2D eigenvalue weighted by Crippen LogP contribution is -2.31. The Bertz CT molecular complexity index is 978. The molecule has 0 aliphatic rings. The summed E-state index contributed by atoms with van der Waals surface area (Å²) in [5.41, 5.74) is 6.89. The van der Waals surface area contributed by atoms with Gasteiger partial charge in [-0.3, -0.25) is 4.90 Å². The number of pyridine rings is 2. The number of aryl methyl sites for hydroxylation is 1. The zero-order valence-electron chi connectivity index (χ0n) is 22.3. The fourth-order valence-corrected chi connectivity index (χ4v) is 3.55. The normalized spacial score (nSPS) is 11.2. The van der Waals surface area contributed by atoms with Gasteiger partial charge in [0, 0.05) is 38.5 Å². The number of carboxylic acids is 2. The molecule has 0 radical (unpaired) electrons. The summed E-state index contributed by atoms with van der Waals surface area (Å²) >= 11 is 0. The van der Waals surface area contributed by atoms with Crippen LogP contribution in [0.1, 0.15) is 45.2 Å². The number of ether oxygens (including phenoxy) is 4. The first-order chi connectivity index (χ1) is 19.0. The summed E-state index contributed by atoms with van der Waals surface area (Å²) in [4.78, 5) is 32.7. The van der Waals surface area contributed by atoms with Gasteiger partial charge in [0.15, 0.2) is 0 Å². The number of rotatable bonds is 23. The zero-order valence-corrected chi connectivity index (χ0v) is 22.3. The first kappa shape index (κ1) is 32.2. The van der Waals surface area contributed by atoms with E-state index in [1.807, 2.05) is 6.07 Å². The third kappa shape index (κ3) is 14.7. The van der Waals surface area contributed by atoms with Crippen LogP contribution in [0.3, 0.4) is 0 Å². The van der Waals surface area contributed by atoms with E-state index < -0.39 is 11.9 Å². The maximum atomic E-state index is 11.2. The van der Waals surface area contributed by atoms with E-state index in [-0.39, 0.29) is 11.4 Å². The Morgan fingerprint density at radius 1 is 0.692 bits per heavy atom. The highest BCUT2D eigenvalue weighted by atomic mass is 16.5. The van der Waals surface area contributed by atoms with Crippen molar-refractivity contribution in [3.05, 3.63) is 59.2 Å². The molecule has 2 rings (SSSR count). The van der Waals surface area contributed by atoms with Gasteiger partial charge < -0.3 is 34.9 Å². The second-order valence-electron chi connectivity index (χ2n) is 8.61. The monoisotopic (exact) mass is 548 g/mol. The number of hydrogen-bond donors (Lipinski definition) is 3. The molecule has 0 amide bonds. The summed E-state index contributed by atoms with van der Waals surface area (Å²) in [5, 5.41) is 18.2. The van der Waals surface area contributed by atoms with Gasteiger partial charge in [-0.05, 0) is 43.5 Å². The van der Waals surface area contributed by atoms with Crippen LogP contribution in [0.25, 0.3) is 0 Å². The number of nitrogens with two attached hydrogens (primary N) is 1. The predicted octanol–water partition coefficient (Wildman–Crippen LogP) is 1.72. The van der Waals surface area contributed by atoms with Gasteiger partial charge in [-0.25, -0.2) is 19.6 Å². The van der Waals surface area contributed by atoms with Crippen molar-refractivity contribution in [2.75, 3.05) is 72.5 Å². The molecule has 216 valence electrons. The summed E-state index contributed by atoms with van der Waals surface area (Å²) in [6, 6.07) is 9.97. The average molecular weight is 549 g/mol. The lowest BCUT2D eigenvalue weighted by atomic mass is 10.2. The fourth-order valence-electron chi connectivity index (χ4n) is 3.55. The molecule has 0 aromatic carbocycles. The van der Waals surface area contributed by atoms with Gasteiger partial charge >= 0.3 is 11.9 Å². The smallest absolute Gasteiger partial charge is 0.354 e. The van der Waals surface area contributed by atoms with Crippen LogP contribution in [0.15, 0.2) is 36.4 Å². The maximum absolute atomic E-state index is 11.2. The highest BCUT2D eigenvalue weighted by Crippen LogP contribution is 2.06. The van der Waals surface area contributed by atoms with E-state index in [0.717, 1.165) is 18.5 Å². The lowest BCUT2D eigenvalue weighted by molar-refractivity contribution is 0.0227. The predicted molar refractivity (Wildman–Crippen MR) is 143 cm³/mol. The standard InChI is InChI=1S/C27H40N4O8/c28-10-14-37-18-20-39-16-12-31(21-23-7-4-9-25(30-23)27(34)35)11-15-38-19-17-36-13-2-1-5-22-6-3-8-24(29-22)26(32)33/h3-4,6-9H,1-2,5,10-21,28H2,(H,32,33)(H,34,35). The van der Waals surface area contributed by atoms with E-state index in [0.29, 0.717) is 91.1 Å². The SMILES string of the molecule is NCCOCCOCCN(CCOCCOCCCCc1cccc(C(=O)O)n1)Cc1cccc(C(=O)O)n1. The molecule has 2 aromatic heterocycles. The Hall–Kier alpha value is -3.00. The second-order valence-corrected chi connectivity index (χ2v) is 8.61. The van der Waals surface area contributed by atoms with Crippen molar-refractivity contribution in [3.8, 4) is 0 Å². The zero-order chi connectivity index (χ0) is 28.1. The number of carbonyl (C=O) groups is 2. The van der Waals surface area contributed by atoms with Gasteiger partial charge in [-0.2, -0.15) is 0 Å². The van der Waals surface area contributed by atoms with Crippen LogP contribution in [0, 0.1) is 0 Å². The van der Waals surface area contributed by atoms with Gasteiger partial charge in [0.05, 0.1) is 51.9 Å². The summed E-state index contributed by atoms with van der Waals surface area (Å²) < 4.78 is 22.3. The van der Waals surface area contributed by atoms with Crippen LogP contribution >= 0.6 is 0 Å². The van der Waals surface area contributed by atoms with E-state index in [4.69, 9.17) is 29.8 Å². The third-order valence-corrected chi connectivity index (χ3v) is 5.52. The van der Waals surface area contributed by atoms with Crippen LogP contribution < -0.4 is 5.73 Å². The lowest BCUT2D eigenvalue weighted by Gasteiger charge is -2.22. The Kier molecular flexibility index (Phi) is 16.5.